The van der Waals surface area contributed by atoms with Gasteiger partial charge in [-0.15, -0.1) is 0 Å². The van der Waals surface area contributed by atoms with Crippen LogP contribution in [0.2, 0.25) is 0 Å². The lowest BCUT2D eigenvalue weighted by Crippen LogP contribution is -2.47. The Labute approximate surface area is 88.3 Å². The second-order valence-corrected chi connectivity index (χ2v) is 4.55. The number of carboxylic acids is 1. The molecule has 1 saturated heterocycles. The van der Waals surface area contributed by atoms with Crippen LogP contribution in [0, 0.1) is 0 Å². The Balaban J connectivity index is 2.34. The molecule has 2 N–H and O–H groups in total. The van der Waals surface area contributed by atoms with Crippen molar-refractivity contribution in [1.29, 1.82) is 0 Å². The van der Waals surface area contributed by atoms with Crippen molar-refractivity contribution in [1.82, 2.24) is 4.90 Å². The molecular weight excluding hydrogens is 202 g/mol. The van der Waals surface area contributed by atoms with Crippen LogP contribution >= 0.6 is 11.8 Å². The Bertz CT molecular complexity index is 189. The zero-order valence-electron chi connectivity index (χ0n) is 8.19. The molecule has 0 spiro atoms. The number of thioether (sulfide) groups is 1. The lowest BCUT2D eigenvalue weighted by molar-refractivity contribution is -0.142. The number of aliphatic hydroxyl groups excluding tert-OH is 1. The highest BCUT2D eigenvalue weighted by Gasteiger charge is 2.27. The van der Waals surface area contributed by atoms with Crippen LogP contribution in [0.5, 0.6) is 0 Å². The maximum absolute atomic E-state index is 10.9. The van der Waals surface area contributed by atoms with E-state index in [2.05, 4.69) is 0 Å². The summed E-state index contributed by atoms with van der Waals surface area (Å²) in [7, 11) is 0. The highest BCUT2D eigenvalue weighted by molar-refractivity contribution is 7.99. The normalized spacial score (nSPS) is 23.6. The van der Waals surface area contributed by atoms with Gasteiger partial charge in [-0.3, -0.25) is 9.69 Å². The molecule has 1 atom stereocenters. The molecule has 0 aromatic carbocycles. The quantitative estimate of drug-likeness (QED) is 0.650. The topological polar surface area (TPSA) is 60.8 Å². The van der Waals surface area contributed by atoms with Gasteiger partial charge < -0.3 is 10.2 Å². The number of rotatable bonds is 5. The first kappa shape index (κ1) is 11.8. The molecule has 4 nitrogen and oxygen atoms in total. The predicted molar refractivity (Wildman–Crippen MR) is 56.6 cm³/mol. The van der Waals surface area contributed by atoms with E-state index < -0.39 is 5.97 Å². The molecule has 0 aliphatic carbocycles. The van der Waals surface area contributed by atoms with Crippen LogP contribution in [-0.4, -0.2) is 58.3 Å². The molecule has 0 aromatic rings. The van der Waals surface area contributed by atoms with Gasteiger partial charge in [0.2, 0.25) is 0 Å². The van der Waals surface area contributed by atoms with Crippen molar-refractivity contribution in [3.63, 3.8) is 0 Å². The van der Waals surface area contributed by atoms with Gasteiger partial charge >= 0.3 is 5.97 Å². The smallest absolute Gasteiger partial charge is 0.321 e. The first-order valence-corrected chi connectivity index (χ1v) is 6.06. The zero-order valence-corrected chi connectivity index (χ0v) is 9.00. The molecule has 0 aromatic heterocycles. The van der Waals surface area contributed by atoms with Gasteiger partial charge in [-0.2, -0.15) is 11.8 Å². The molecule has 1 unspecified atom stereocenters. The van der Waals surface area contributed by atoms with Crippen LogP contribution in [0.15, 0.2) is 0 Å². The van der Waals surface area contributed by atoms with Crippen molar-refractivity contribution in [3.8, 4) is 0 Å². The molecule has 1 aliphatic rings. The SMILES string of the molecule is O=C(O)C1CSCCN1CCCCO. The molecule has 1 heterocycles. The first-order chi connectivity index (χ1) is 6.75. The molecule has 0 radical (unpaired) electrons. The van der Waals surface area contributed by atoms with E-state index in [1.165, 1.54) is 0 Å². The second-order valence-electron chi connectivity index (χ2n) is 3.40. The van der Waals surface area contributed by atoms with E-state index in [0.717, 1.165) is 31.7 Å². The van der Waals surface area contributed by atoms with Gasteiger partial charge in [-0.1, -0.05) is 0 Å². The van der Waals surface area contributed by atoms with Gasteiger partial charge in [0.1, 0.15) is 6.04 Å². The van der Waals surface area contributed by atoms with Crippen LogP contribution in [0.25, 0.3) is 0 Å². The number of carboxylic acid groups (broad SMARTS) is 1. The highest BCUT2D eigenvalue weighted by Crippen LogP contribution is 2.17. The van der Waals surface area contributed by atoms with E-state index >= 15 is 0 Å². The standard InChI is InChI=1S/C9H17NO3S/c11-5-2-1-3-10-4-6-14-7-8(10)9(12)13/h8,11H,1-7H2,(H,12,13). The maximum Gasteiger partial charge on any atom is 0.321 e. The van der Waals surface area contributed by atoms with Crippen molar-refractivity contribution in [3.05, 3.63) is 0 Å². The van der Waals surface area contributed by atoms with E-state index in [-0.39, 0.29) is 12.6 Å². The molecule has 1 aliphatic heterocycles. The minimum Gasteiger partial charge on any atom is -0.480 e. The Morgan fingerprint density at radius 3 is 2.93 bits per heavy atom. The number of carbonyl (C=O) groups is 1. The number of unbranched alkanes of at least 4 members (excludes halogenated alkanes) is 1. The third kappa shape index (κ3) is 3.48. The second kappa shape index (κ2) is 6.27. The Kier molecular flexibility index (Phi) is 5.29. The van der Waals surface area contributed by atoms with Gasteiger partial charge in [0.15, 0.2) is 0 Å². The average molecular weight is 219 g/mol. The lowest BCUT2D eigenvalue weighted by atomic mass is 10.2. The zero-order chi connectivity index (χ0) is 10.4. The lowest BCUT2D eigenvalue weighted by Gasteiger charge is -2.32. The first-order valence-electron chi connectivity index (χ1n) is 4.91. The van der Waals surface area contributed by atoms with Crippen molar-refractivity contribution in [2.24, 2.45) is 0 Å². The van der Waals surface area contributed by atoms with Crippen LogP contribution in [0.3, 0.4) is 0 Å². The predicted octanol–water partition coefficient (Wildman–Crippen LogP) is 0.261. The third-order valence-electron chi connectivity index (χ3n) is 2.38. The molecule has 0 bridgehead atoms. The van der Waals surface area contributed by atoms with Gasteiger partial charge in [0.05, 0.1) is 0 Å². The summed E-state index contributed by atoms with van der Waals surface area (Å²) in [5, 5.41) is 17.6. The summed E-state index contributed by atoms with van der Waals surface area (Å²) in [6, 6.07) is -0.326. The van der Waals surface area contributed by atoms with Gasteiger partial charge in [-0.05, 0) is 19.4 Å². The number of hydrogen-bond acceptors (Lipinski definition) is 4. The number of aliphatic carboxylic acids is 1. The van der Waals surface area contributed by atoms with Crippen molar-refractivity contribution in [2.45, 2.75) is 18.9 Å². The summed E-state index contributed by atoms with van der Waals surface area (Å²) in [6.45, 7) is 1.84. The average Bonchev–Trinajstić information content (AvgIpc) is 2.19. The summed E-state index contributed by atoms with van der Waals surface area (Å²) in [6.07, 6.45) is 1.64. The molecule has 0 saturated carbocycles. The van der Waals surface area contributed by atoms with Crippen LogP contribution in [0.4, 0.5) is 0 Å². The van der Waals surface area contributed by atoms with Crippen molar-refractivity contribution >= 4 is 17.7 Å². The van der Waals surface area contributed by atoms with Crippen LogP contribution in [-0.2, 0) is 4.79 Å². The molecule has 14 heavy (non-hydrogen) atoms. The molecule has 5 heteroatoms. The summed E-state index contributed by atoms with van der Waals surface area (Å²) in [4.78, 5) is 12.9. The van der Waals surface area contributed by atoms with E-state index in [1.54, 1.807) is 11.8 Å². The largest absolute Gasteiger partial charge is 0.480 e. The highest BCUT2D eigenvalue weighted by atomic mass is 32.2. The van der Waals surface area contributed by atoms with E-state index in [1.807, 2.05) is 4.90 Å². The fourth-order valence-electron chi connectivity index (χ4n) is 1.56. The molecule has 1 rings (SSSR count). The van der Waals surface area contributed by atoms with Crippen molar-refractivity contribution < 1.29 is 15.0 Å². The maximum atomic E-state index is 10.9. The Hall–Kier alpha value is -0.260. The number of nitrogens with zero attached hydrogens (tertiary/aromatic N) is 1. The van der Waals surface area contributed by atoms with E-state index in [0.29, 0.717) is 5.75 Å². The third-order valence-corrected chi connectivity index (χ3v) is 3.40. The van der Waals surface area contributed by atoms with Gasteiger partial charge in [-0.25, -0.2) is 0 Å². The molecular formula is C9H17NO3S. The summed E-state index contributed by atoms with van der Waals surface area (Å²) in [5.41, 5.74) is 0. The van der Waals surface area contributed by atoms with Crippen molar-refractivity contribution in [2.75, 3.05) is 31.2 Å². The fourth-order valence-corrected chi connectivity index (χ4v) is 2.67. The van der Waals surface area contributed by atoms with Crippen LogP contribution in [0.1, 0.15) is 12.8 Å². The van der Waals surface area contributed by atoms with Gasteiger partial charge in [0.25, 0.3) is 0 Å². The van der Waals surface area contributed by atoms with Crippen LogP contribution < -0.4 is 0 Å². The molecule has 1 fully saturated rings. The fraction of sp³-hybridized carbons (Fsp3) is 0.889. The summed E-state index contributed by atoms with van der Waals surface area (Å²) in [5.74, 6) is 0.985. The summed E-state index contributed by atoms with van der Waals surface area (Å²) < 4.78 is 0. The minimum absolute atomic E-state index is 0.195. The van der Waals surface area contributed by atoms with Gasteiger partial charge in [0, 0.05) is 24.7 Å². The molecule has 82 valence electrons. The Morgan fingerprint density at radius 2 is 2.29 bits per heavy atom. The molecule has 0 amide bonds. The minimum atomic E-state index is -0.721. The number of aliphatic hydroxyl groups is 1. The monoisotopic (exact) mass is 219 g/mol. The van der Waals surface area contributed by atoms with E-state index in [9.17, 15) is 4.79 Å². The summed E-state index contributed by atoms with van der Waals surface area (Å²) >= 11 is 1.70. The van der Waals surface area contributed by atoms with E-state index in [4.69, 9.17) is 10.2 Å². The Morgan fingerprint density at radius 1 is 1.50 bits per heavy atom. The number of hydrogen-bond donors (Lipinski definition) is 2.